The van der Waals surface area contributed by atoms with Crippen LogP contribution in [0.5, 0.6) is 0 Å². The van der Waals surface area contributed by atoms with Gasteiger partial charge >= 0.3 is 11.9 Å². The Kier molecular flexibility index (Phi) is 11.9. The number of esters is 2. The Labute approximate surface area is 255 Å². The van der Waals surface area contributed by atoms with Gasteiger partial charge in [0.2, 0.25) is 5.91 Å². The number of amides is 2. The summed E-state index contributed by atoms with van der Waals surface area (Å²) < 4.78 is 10.5. The molecule has 0 saturated heterocycles. The van der Waals surface area contributed by atoms with E-state index in [9.17, 15) is 19.2 Å². The summed E-state index contributed by atoms with van der Waals surface area (Å²) in [5, 5.41) is 3.80. The molecule has 0 unspecified atom stereocenters. The van der Waals surface area contributed by atoms with E-state index in [0.29, 0.717) is 5.56 Å². The molecule has 0 radical (unpaired) electrons. The van der Waals surface area contributed by atoms with Crippen molar-refractivity contribution in [2.24, 2.45) is 0 Å². The molecule has 2 N–H and O–H groups in total. The van der Waals surface area contributed by atoms with Gasteiger partial charge in [0.25, 0.3) is 5.91 Å². The van der Waals surface area contributed by atoms with Gasteiger partial charge in [-0.2, -0.15) is 0 Å². The van der Waals surface area contributed by atoms with Gasteiger partial charge in [0.15, 0.2) is 0 Å². The number of benzene rings is 3. The van der Waals surface area contributed by atoms with Crippen molar-refractivity contribution >= 4 is 52.6 Å². The third kappa shape index (κ3) is 10.5. The Morgan fingerprint density at radius 2 is 1.38 bits per heavy atom. The van der Waals surface area contributed by atoms with Crippen LogP contribution in [0.4, 0.5) is 5.69 Å². The fourth-order valence-corrected chi connectivity index (χ4v) is 4.43. The van der Waals surface area contributed by atoms with Crippen LogP contribution < -0.4 is 15.8 Å². The van der Waals surface area contributed by atoms with Crippen LogP contribution in [0.25, 0.3) is 11.1 Å². The molecule has 0 fully saturated rings. The van der Waals surface area contributed by atoms with E-state index in [2.05, 4.69) is 10.7 Å². The molecule has 0 atom stereocenters. The summed E-state index contributed by atoms with van der Waals surface area (Å²) in [7, 11) is 0. The van der Waals surface area contributed by atoms with Crippen LogP contribution in [-0.4, -0.2) is 42.4 Å². The van der Waals surface area contributed by atoms with Gasteiger partial charge in [0.05, 0.1) is 29.6 Å². The molecule has 0 heterocycles. The third-order valence-corrected chi connectivity index (χ3v) is 6.17. The van der Waals surface area contributed by atoms with Crippen LogP contribution in [-0.2, 0) is 35.3 Å². The molecule has 0 saturated carbocycles. The molecule has 3 rings (SSSR count). The van der Waals surface area contributed by atoms with Gasteiger partial charge in [0, 0.05) is 6.42 Å². The highest BCUT2D eigenvalue weighted by Crippen LogP contribution is 2.38. The van der Waals surface area contributed by atoms with Crippen molar-refractivity contribution in [3.05, 3.63) is 88.4 Å². The van der Waals surface area contributed by atoms with Crippen molar-refractivity contribution in [2.75, 3.05) is 18.1 Å². The maximum Gasteiger partial charge on any atom is 0.320 e. The Morgan fingerprint density at radius 1 is 0.786 bits per heavy atom. The summed E-state index contributed by atoms with van der Waals surface area (Å²) in [6, 6.07) is 21.7. The highest BCUT2D eigenvalue weighted by Gasteiger charge is 2.25. The Bertz CT molecular complexity index is 1370. The number of halogens is 2. The number of hydrogen-bond donors (Lipinski definition) is 2. The third-order valence-electron chi connectivity index (χ3n) is 5.59. The van der Waals surface area contributed by atoms with Crippen molar-refractivity contribution in [1.82, 2.24) is 10.7 Å². The number of carbonyl (C=O) groups is 4. The molecule has 9 nitrogen and oxygen atoms in total. The Hall–Kier alpha value is -3.92. The SMILES string of the molecule is CC(C)(C)OC(=O)CNCC(=O)NN(C(=O)CCC(=O)OCc1ccccc1)c1c(Cl)cc(-c2ccccc2)cc1Cl. The summed E-state index contributed by atoms with van der Waals surface area (Å²) in [4.78, 5) is 50.5. The molecule has 0 bridgehead atoms. The lowest BCUT2D eigenvalue weighted by Crippen LogP contribution is -2.50. The topological polar surface area (TPSA) is 114 Å². The minimum Gasteiger partial charge on any atom is -0.461 e. The second-order valence-electron chi connectivity index (χ2n) is 10.3. The zero-order valence-electron chi connectivity index (χ0n) is 23.6. The second kappa shape index (κ2) is 15.3. The fourth-order valence-electron chi connectivity index (χ4n) is 3.77. The molecule has 222 valence electrons. The molecule has 11 heteroatoms. The average Bonchev–Trinajstić information content (AvgIpc) is 2.94. The number of hydrazine groups is 1. The molecule has 0 aliphatic carbocycles. The smallest absolute Gasteiger partial charge is 0.320 e. The largest absolute Gasteiger partial charge is 0.461 e. The zero-order chi connectivity index (χ0) is 30.7. The predicted octanol–water partition coefficient (Wildman–Crippen LogP) is 5.48. The normalized spacial score (nSPS) is 11.0. The van der Waals surface area contributed by atoms with Gasteiger partial charge < -0.3 is 9.47 Å². The van der Waals surface area contributed by atoms with E-state index in [-0.39, 0.29) is 48.3 Å². The minimum absolute atomic E-state index is 0.0427. The van der Waals surface area contributed by atoms with Crippen LogP contribution in [0.3, 0.4) is 0 Å². The van der Waals surface area contributed by atoms with Gasteiger partial charge in [0.1, 0.15) is 17.9 Å². The van der Waals surface area contributed by atoms with Crippen molar-refractivity contribution in [2.45, 2.75) is 45.8 Å². The van der Waals surface area contributed by atoms with Crippen LogP contribution >= 0.6 is 23.2 Å². The van der Waals surface area contributed by atoms with Crippen LogP contribution in [0.15, 0.2) is 72.8 Å². The highest BCUT2D eigenvalue weighted by molar-refractivity contribution is 6.40. The lowest BCUT2D eigenvalue weighted by molar-refractivity contribution is -0.153. The molecule has 0 aliphatic heterocycles. The van der Waals surface area contributed by atoms with Crippen molar-refractivity contribution in [3.8, 4) is 11.1 Å². The van der Waals surface area contributed by atoms with Gasteiger partial charge in [-0.1, -0.05) is 83.9 Å². The maximum absolute atomic E-state index is 13.3. The average molecular weight is 615 g/mol. The molecular weight excluding hydrogens is 581 g/mol. The van der Waals surface area contributed by atoms with Crippen LogP contribution in [0.2, 0.25) is 10.0 Å². The molecule has 2 amide bonds. The molecule has 0 spiro atoms. The van der Waals surface area contributed by atoms with Gasteiger partial charge in [-0.3, -0.25) is 29.9 Å². The predicted molar refractivity (Wildman–Crippen MR) is 162 cm³/mol. The van der Waals surface area contributed by atoms with E-state index < -0.39 is 29.4 Å². The van der Waals surface area contributed by atoms with Crippen molar-refractivity contribution in [1.29, 1.82) is 0 Å². The van der Waals surface area contributed by atoms with Gasteiger partial charge in [-0.05, 0) is 49.6 Å². The monoisotopic (exact) mass is 613 g/mol. The number of anilines is 1. The summed E-state index contributed by atoms with van der Waals surface area (Å²) in [5.41, 5.74) is 4.22. The van der Waals surface area contributed by atoms with Crippen LogP contribution in [0.1, 0.15) is 39.2 Å². The van der Waals surface area contributed by atoms with Crippen molar-refractivity contribution in [3.63, 3.8) is 0 Å². The Balaban J connectivity index is 1.73. The summed E-state index contributed by atoms with van der Waals surface area (Å²) in [5.74, 6) is -2.43. The maximum atomic E-state index is 13.3. The number of rotatable bonds is 11. The van der Waals surface area contributed by atoms with E-state index in [0.717, 1.165) is 16.1 Å². The van der Waals surface area contributed by atoms with Gasteiger partial charge in [-0.25, -0.2) is 5.01 Å². The van der Waals surface area contributed by atoms with E-state index in [1.54, 1.807) is 32.9 Å². The highest BCUT2D eigenvalue weighted by atomic mass is 35.5. The van der Waals surface area contributed by atoms with E-state index in [1.165, 1.54) is 0 Å². The van der Waals surface area contributed by atoms with Crippen LogP contribution in [0, 0.1) is 0 Å². The standard InChI is InChI=1S/C31H33Cl2N3O6/c1-31(2,3)42-29(40)19-34-18-26(37)35-36(27(38)14-15-28(39)41-20-21-10-6-4-7-11-21)30-24(32)16-23(17-25(30)33)22-12-8-5-9-13-22/h4-13,16-17,34H,14-15,18-20H2,1-3H3,(H,35,37). The van der Waals surface area contributed by atoms with E-state index in [4.69, 9.17) is 32.7 Å². The second-order valence-corrected chi connectivity index (χ2v) is 11.1. The first-order valence-electron chi connectivity index (χ1n) is 13.2. The van der Waals surface area contributed by atoms with Gasteiger partial charge in [-0.15, -0.1) is 0 Å². The number of ether oxygens (including phenoxy) is 2. The number of carbonyl (C=O) groups excluding carboxylic acids is 4. The lowest BCUT2D eigenvalue weighted by Gasteiger charge is -2.26. The number of nitrogens with zero attached hydrogens (tertiary/aromatic N) is 1. The van der Waals surface area contributed by atoms with E-state index >= 15 is 0 Å². The molecule has 3 aromatic rings. The van der Waals surface area contributed by atoms with E-state index in [1.807, 2.05) is 60.7 Å². The number of hydrogen-bond acceptors (Lipinski definition) is 7. The van der Waals surface area contributed by atoms with Crippen molar-refractivity contribution < 1.29 is 28.7 Å². The molecular formula is C31H33Cl2N3O6. The molecule has 42 heavy (non-hydrogen) atoms. The summed E-state index contributed by atoms with van der Waals surface area (Å²) in [6.07, 6.45) is -0.543. The quantitative estimate of drug-likeness (QED) is 0.217. The minimum atomic E-state index is -0.675. The molecule has 0 aromatic heterocycles. The first kappa shape index (κ1) is 32.6. The first-order valence-corrected chi connectivity index (χ1v) is 14.0. The lowest BCUT2D eigenvalue weighted by atomic mass is 10.1. The summed E-state index contributed by atoms with van der Waals surface area (Å²) in [6.45, 7) is 4.72. The molecule has 3 aromatic carbocycles. The summed E-state index contributed by atoms with van der Waals surface area (Å²) >= 11 is 13.2. The number of nitrogens with one attached hydrogen (secondary N) is 2. The zero-order valence-corrected chi connectivity index (χ0v) is 25.1. The fraction of sp³-hybridized carbons (Fsp3) is 0.290. The Morgan fingerprint density at radius 3 is 1.98 bits per heavy atom. The first-order chi connectivity index (χ1) is 19.9. The molecule has 0 aliphatic rings.